The fraction of sp³-hybridized carbons (Fsp3) is 0.800. The molecular formula is C20H34O2. The molecule has 2 aliphatic carbocycles. The van der Waals surface area contributed by atoms with Crippen molar-refractivity contribution in [1.29, 1.82) is 0 Å². The Labute approximate surface area is 136 Å². The predicted molar refractivity (Wildman–Crippen MR) is 92.6 cm³/mol. The molecule has 2 aliphatic rings. The number of hydrogen-bond donors (Lipinski definition) is 2. The Balaban J connectivity index is 2.20. The number of fused-ring (bicyclic) bond motifs is 1. The van der Waals surface area contributed by atoms with E-state index in [1.54, 1.807) is 0 Å². The summed E-state index contributed by atoms with van der Waals surface area (Å²) in [7, 11) is 0. The highest BCUT2D eigenvalue weighted by atomic mass is 16.3. The standard InChI is InChI=1S/C20H34O2/c1-15(10-13-21)6-8-17-16(2)7-9-18-19(3,14-22)11-5-12-20(17,18)4/h10,17-18,21-22H,2,5-9,11-14H2,1,3-4H3/b15-10-/t17-,18-,19+,20+/m0/s1. The van der Waals surface area contributed by atoms with Crippen LogP contribution in [0.5, 0.6) is 0 Å². The molecule has 0 bridgehead atoms. The summed E-state index contributed by atoms with van der Waals surface area (Å²) < 4.78 is 0. The lowest BCUT2D eigenvalue weighted by atomic mass is 9.47. The van der Waals surface area contributed by atoms with Gasteiger partial charge in [0.05, 0.1) is 6.61 Å². The van der Waals surface area contributed by atoms with Crippen molar-refractivity contribution in [3.05, 3.63) is 23.8 Å². The first-order valence-corrected chi connectivity index (χ1v) is 8.92. The van der Waals surface area contributed by atoms with Gasteiger partial charge in [0.25, 0.3) is 0 Å². The van der Waals surface area contributed by atoms with Gasteiger partial charge in [-0.3, -0.25) is 0 Å². The number of hydrogen-bond acceptors (Lipinski definition) is 2. The van der Waals surface area contributed by atoms with Crippen molar-refractivity contribution < 1.29 is 10.2 Å². The number of aliphatic hydroxyl groups excluding tert-OH is 2. The highest BCUT2D eigenvalue weighted by Gasteiger charge is 2.53. The number of rotatable bonds is 5. The van der Waals surface area contributed by atoms with Crippen LogP contribution in [0.1, 0.15) is 65.7 Å². The second-order valence-electron chi connectivity index (χ2n) is 8.25. The summed E-state index contributed by atoms with van der Waals surface area (Å²) in [4.78, 5) is 0. The molecule has 2 nitrogen and oxygen atoms in total. The van der Waals surface area contributed by atoms with Gasteiger partial charge in [0.2, 0.25) is 0 Å². The average Bonchev–Trinajstić information content (AvgIpc) is 2.46. The first-order chi connectivity index (χ1) is 10.4. The van der Waals surface area contributed by atoms with E-state index in [0.717, 1.165) is 25.7 Å². The van der Waals surface area contributed by atoms with Crippen molar-refractivity contribution in [1.82, 2.24) is 0 Å². The van der Waals surface area contributed by atoms with Gasteiger partial charge in [-0.25, -0.2) is 0 Å². The summed E-state index contributed by atoms with van der Waals surface area (Å²) in [6.07, 6.45) is 10.0. The van der Waals surface area contributed by atoms with Crippen LogP contribution in [0, 0.1) is 22.7 Å². The molecule has 2 N–H and O–H groups in total. The van der Waals surface area contributed by atoms with Crippen LogP contribution in [-0.4, -0.2) is 23.4 Å². The molecule has 4 atom stereocenters. The molecule has 2 saturated carbocycles. The van der Waals surface area contributed by atoms with E-state index in [1.165, 1.54) is 30.4 Å². The van der Waals surface area contributed by atoms with Gasteiger partial charge in [-0.2, -0.15) is 0 Å². The van der Waals surface area contributed by atoms with E-state index in [9.17, 15) is 5.11 Å². The molecule has 0 aromatic heterocycles. The summed E-state index contributed by atoms with van der Waals surface area (Å²) in [6, 6.07) is 0. The minimum absolute atomic E-state index is 0.0853. The lowest BCUT2D eigenvalue weighted by Gasteiger charge is -2.58. The van der Waals surface area contributed by atoms with Crippen LogP contribution >= 0.6 is 0 Å². The van der Waals surface area contributed by atoms with E-state index in [4.69, 9.17) is 5.11 Å². The summed E-state index contributed by atoms with van der Waals surface area (Å²) in [5.74, 6) is 1.16. The number of allylic oxidation sites excluding steroid dienone is 2. The smallest absolute Gasteiger partial charge is 0.0614 e. The summed E-state index contributed by atoms with van der Waals surface area (Å²) >= 11 is 0. The van der Waals surface area contributed by atoms with Crippen molar-refractivity contribution in [2.45, 2.75) is 65.7 Å². The molecule has 22 heavy (non-hydrogen) atoms. The maximum Gasteiger partial charge on any atom is 0.0614 e. The molecule has 0 aliphatic heterocycles. The summed E-state index contributed by atoms with van der Waals surface area (Å²) in [5, 5.41) is 19.0. The van der Waals surface area contributed by atoms with Crippen molar-refractivity contribution in [3.63, 3.8) is 0 Å². The van der Waals surface area contributed by atoms with Gasteiger partial charge in [-0.05, 0) is 68.1 Å². The largest absolute Gasteiger partial charge is 0.396 e. The zero-order valence-electron chi connectivity index (χ0n) is 14.7. The van der Waals surface area contributed by atoms with Crippen LogP contribution in [0.25, 0.3) is 0 Å². The van der Waals surface area contributed by atoms with Crippen LogP contribution < -0.4 is 0 Å². The van der Waals surface area contributed by atoms with Crippen molar-refractivity contribution in [2.75, 3.05) is 13.2 Å². The molecule has 0 amide bonds. The normalized spacial score (nSPS) is 39.7. The molecule has 0 saturated heterocycles. The van der Waals surface area contributed by atoms with Crippen molar-refractivity contribution in [3.8, 4) is 0 Å². The highest BCUT2D eigenvalue weighted by molar-refractivity contribution is 5.17. The maximum atomic E-state index is 9.98. The van der Waals surface area contributed by atoms with Crippen molar-refractivity contribution in [2.24, 2.45) is 22.7 Å². The number of aliphatic hydroxyl groups is 2. The molecule has 2 heteroatoms. The van der Waals surface area contributed by atoms with Crippen LogP contribution in [0.4, 0.5) is 0 Å². The Bertz CT molecular complexity index is 439. The van der Waals surface area contributed by atoms with Crippen LogP contribution in [0.15, 0.2) is 23.8 Å². The third-order valence-corrected chi connectivity index (χ3v) is 6.77. The third-order valence-electron chi connectivity index (χ3n) is 6.77. The lowest BCUT2D eigenvalue weighted by Crippen LogP contribution is -2.51. The third kappa shape index (κ3) is 3.19. The Morgan fingerprint density at radius 2 is 2.05 bits per heavy atom. The first kappa shape index (κ1) is 17.7. The molecule has 126 valence electrons. The Morgan fingerprint density at radius 3 is 2.68 bits per heavy atom. The minimum atomic E-state index is 0.0853. The van der Waals surface area contributed by atoms with Gasteiger partial charge in [-0.1, -0.05) is 44.1 Å². The molecule has 0 aromatic rings. The fourth-order valence-electron chi connectivity index (χ4n) is 5.44. The highest BCUT2D eigenvalue weighted by Crippen LogP contribution is 2.61. The predicted octanol–water partition coefficient (Wildman–Crippen LogP) is 4.48. The molecule has 0 unspecified atom stereocenters. The van der Waals surface area contributed by atoms with Crippen LogP contribution in [0.2, 0.25) is 0 Å². The monoisotopic (exact) mass is 306 g/mol. The SMILES string of the molecule is C=C1CC[C@H]2[C@@](C)(CO)CCC[C@]2(C)[C@H]1CC/C(C)=C\CO. The average molecular weight is 306 g/mol. The Morgan fingerprint density at radius 1 is 1.32 bits per heavy atom. The minimum Gasteiger partial charge on any atom is -0.396 e. The van der Waals surface area contributed by atoms with E-state index < -0.39 is 0 Å². The molecule has 2 rings (SSSR count). The zero-order valence-corrected chi connectivity index (χ0v) is 14.7. The molecule has 0 radical (unpaired) electrons. The van der Waals surface area contributed by atoms with E-state index in [0.29, 0.717) is 18.4 Å². The van der Waals surface area contributed by atoms with Gasteiger partial charge < -0.3 is 10.2 Å². The van der Waals surface area contributed by atoms with E-state index in [1.807, 2.05) is 6.08 Å². The van der Waals surface area contributed by atoms with Gasteiger partial charge in [0.15, 0.2) is 0 Å². The van der Waals surface area contributed by atoms with E-state index in [2.05, 4.69) is 27.4 Å². The van der Waals surface area contributed by atoms with Crippen LogP contribution in [-0.2, 0) is 0 Å². The van der Waals surface area contributed by atoms with E-state index >= 15 is 0 Å². The first-order valence-electron chi connectivity index (χ1n) is 8.92. The van der Waals surface area contributed by atoms with E-state index in [-0.39, 0.29) is 17.4 Å². The van der Waals surface area contributed by atoms with Gasteiger partial charge >= 0.3 is 0 Å². The zero-order chi connectivity index (χ0) is 16.4. The van der Waals surface area contributed by atoms with Gasteiger partial charge in [-0.15, -0.1) is 0 Å². The topological polar surface area (TPSA) is 40.5 Å². The summed E-state index contributed by atoms with van der Waals surface area (Å²) in [5.41, 5.74) is 3.06. The Hall–Kier alpha value is -0.600. The molecule has 0 heterocycles. The second-order valence-corrected chi connectivity index (χ2v) is 8.25. The molecule has 0 aromatic carbocycles. The molecule has 0 spiro atoms. The van der Waals surface area contributed by atoms with Gasteiger partial charge in [0, 0.05) is 6.61 Å². The second kappa shape index (κ2) is 6.88. The quantitative estimate of drug-likeness (QED) is 0.735. The van der Waals surface area contributed by atoms with Crippen molar-refractivity contribution >= 4 is 0 Å². The fourth-order valence-corrected chi connectivity index (χ4v) is 5.44. The van der Waals surface area contributed by atoms with Crippen LogP contribution in [0.3, 0.4) is 0 Å². The van der Waals surface area contributed by atoms with Gasteiger partial charge in [0.1, 0.15) is 0 Å². The molecular weight excluding hydrogens is 272 g/mol. The lowest BCUT2D eigenvalue weighted by molar-refractivity contribution is -0.0858. The molecule has 2 fully saturated rings. The maximum absolute atomic E-state index is 9.98. The summed E-state index contributed by atoms with van der Waals surface area (Å²) in [6.45, 7) is 11.7. The Kier molecular flexibility index (Phi) is 5.55.